The fraction of sp³-hybridized carbons (Fsp3) is 0.364. The maximum Gasteiger partial charge on any atom is 0.161 e. The second kappa shape index (κ2) is 4.14. The molecule has 0 aromatic heterocycles. The SMILES string of the molecule is CC(C)(C#N)C(O)c1cc(F)c(F)cc1F. The quantitative estimate of drug-likeness (QED) is 0.792. The van der Waals surface area contributed by atoms with E-state index in [-0.39, 0.29) is 0 Å². The minimum absolute atomic E-state index is 0.349. The largest absolute Gasteiger partial charge is 0.387 e. The van der Waals surface area contributed by atoms with Gasteiger partial charge >= 0.3 is 0 Å². The molecular formula is C11H10F3NO. The number of nitrogens with zero attached hydrogens (tertiary/aromatic N) is 1. The van der Waals surface area contributed by atoms with Crippen LogP contribution in [-0.2, 0) is 0 Å². The van der Waals surface area contributed by atoms with Crippen molar-refractivity contribution in [3.63, 3.8) is 0 Å². The van der Waals surface area contributed by atoms with Crippen LogP contribution in [0.2, 0.25) is 0 Å². The first kappa shape index (κ1) is 12.5. The van der Waals surface area contributed by atoms with Crippen LogP contribution < -0.4 is 0 Å². The van der Waals surface area contributed by atoms with Gasteiger partial charge in [-0.25, -0.2) is 13.2 Å². The molecule has 1 atom stereocenters. The van der Waals surface area contributed by atoms with E-state index in [1.807, 2.05) is 0 Å². The molecule has 0 fully saturated rings. The standard InChI is InChI=1S/C11H10F3NO/c1-11(2,5-15)10(16)6-3-8(13)9(14)4-7(6)12/h3-4,10,16H,1-2H3. The van der Waals surface area contributed by atoms with Gasteiger partial charge in [0.1, 0.15) is 5.82 Å². The monoisotopic (exact) mass is 229 g/mol. The van der Waals surface area contributed by atoms with Crippen LogP contribution in [0, 0.1) is 34.2 Å². The topological polar surface area (TPSA) is 44.0 Å². The van der Waals surface area contributed by atoms with Crippen LogP contribution in [0.15, 0.2) is 12.1 Å². The Morgan fingerprint density at radius 3 is 2.19 bits per heavy atom. The molecule has 0 spiro atoms. The van der Waals surface area contributed by atoms with Gasteiger partial charge < -0.3 is 5.11 Å². The Morgan fingerprint density at radius 2 is 1.69 bits per heavy atom. The van der Waals surface area contributed by atoms with E-state index in [9.17, 15) is 18.3 Å². The molecule has 0 radical (unpaired) electrons. The molecule has 1 aromatic carbocycles. The van der Waals surface area contributed by atoms with Crippen LogP contribution >= 0.6 is 0 Å². The zero-order chi connectivity index (χ0) is 12.5. The first-order chi connectivity index (χ1) is 7.29. The van der Waals surface area contributed by atoms with Crippen molar-refractivity contribution in [2.24, 2.45) is 5.41 Å². The molecule has 0 aliphatic rings. The zero-order valence-corrected chi connectivity index (χ0v) is 8.76. The smallest absolute Gasteiger partial charge is 0.161 e. The molecule has 0 aliphatic carbocycles. The number of nitriles is 1. The number of benzene rings is 1. The van der Waals surface area contributed by atoms with Crippen molar-refractivity contribution in [1.82, 2.24) is 0 Å². The van der Waals surface area contributed by atoms with Crippen molar-refractivity contribution in [3.05, 3.63) is 35.1 Å². The van der Waals surface area contributed by atoms with Crippen LogP contribution in [0.5, 0.6) is 0 Å². The van der Waals surface area contributed by atoms with Crippen molar-refractivity contribution in [2.45, 2.75) is 20.0 Å². The summed E-state index contributed by atoms with van der Waals surface area (Å²) in [5.74, 6) is -3.66. The Balaban J connectivity index is 3.25. The third kappa shape index (κ3) is 2.17. The summed E-state index contributed by atoms with van der Waals surface area (Å²) in [5, 5.41) is 18.4. The molecule has 0 amide bonds. The van der Waals surface area contributed by atoms with E-state index in [4.69, 9.17) is 5.26 Å². The molecule has 1 N–H and O–H groups in total. The van der Waals surface area contributed by atoms with Gasteiger partial charge in [-0.05, 0) is 19.9 Å². The predicted octanol–water partition coefficient (Wildman–Crippen LogP) is 2.69. The van der Waals surface area contributed by atoms with Gasteiger partial charge in [0.05, 0.1) is 17.6 Å². The Labute approximate surface area is 90.9 Å². The van der Waals surface area contributed by atoms with Crippen LogP contribution in [0.4, 0.5) is 13.2 Å². The van der Waals surface area contributed by atoms with Gasteiger partial charge in [0.25, 0.3) is 0 Å². The summed E-state index contributed by atoms with van der Waals surface area (Å²) in [6, 6.07) is 2.68. The minimum atomic E-state index is -1.52. The third-order valence-electron chi connectivity index (χ3n) is 2.31. The number of halogens is 3. The molecule has 0 bridgehead atoms. The molecule has 1 rings (SSSR count). The van der Waals surface area contributed by atoms with E-state index >= 15 is 0 Å². The molecule has 0 saturated carbocycles. The maximum atomic E-state index is 13.3. The Morgan fingerprint density at radius 1 is 1.19 bits per heavy atom. The highest BCUT2D eigenvalue weighted by molar-refractivity contribution is 5.25. The molecule has 86 valence electrons. The zero-order valence-electron chi connectivity index (χ0n) is 8.76. The van der Waals surface area contributed by atoms with Gasteiger partial charge in [-0.1, -0.05) is 0 Å². The highest BCUT2D eigenvalue weighted by Crippen LogP contribution is 2.34. The lowest BCUT2D eigenvalue weighted by molar-refractivity contribution is 0.0827. The molecule has 0 saturated heterocycles. The van der Waals surface area contributed by atoms with Gasteiger partial charge in [0, 0.05) is 11.6 Å². The fourth-order valence-corrected chi connectivity index (χ4v) is 1.20. The average Bonchev–Trinajstić information content (AvgIpc) is 2.22. The van der Waals surface area contributed by atoms with E-state index in [1.54, 1.807) is 6.07 Å². The molecule has 2 nitrogen and oxygen atoms in total. The summed E-state index contributed by atoms with van der Waals surface area (Å²) in [4.78, 5) is 0. The van der Waals surface area contributed by atoms with Crippen molar-refractivity contribution >= 4 is 0 Å². The lowest BCUT2D eigenvalue weighted by atomic mass is 9.84. The Hall–Kier alpha value is -1.54. The molecule has 0 aliphatic heterocycles. The van der Waals surface area contributed by atoms with Crippen LogP contribution in [0.3, 0.4) is 0 Å². The van der Waals surface area contributed by atoms with Crippen molar-refractivity contribution < 1.29 is 18.3 Å². The first-order valence-corrected chi connectivity index (χ1v) is 4.53. The maximum absolute atomic E-state index is 13.3. The summed E-state index contributed by atoms with van der Waals surface area (Å²) in [6.45, 7) is 2.75. The Kier molecular flexibility index (Phi) is 3.24. The van der Waals surface area contributed by atoms with Crippen LogP contribution in [0.1, 0.15) is 25.5 Å². The van der Waals surface area contributed by atoms with Crippen molar-refractivity contribution in [3.8, 4) is 6.07 Å². The normalized spacial score (nSPS) is 13.3. The molecule has 1 aromatic rings. The van der Waals surface area contributed by atoms with Gasteiger partial charge in [-0.15, -0.1) is 0 Å². The molecule has 5 heteroatoms. The van der Waals surface area contributed by atoms with E-state index in [1.165, 1.54) is 13.8 Å². The van der Waals surface area contributed by atoms with E-state index in [2.05, 4.69) is 0 Å². The fourth-order valence-electron chi connectivity index (χ4n) is 1.20. The van der Waals surface area contributed by atoms with Crippen molar-refractivity contribution in [1.29, 1.82) is 5.26 Å². The molecular weight excluding hydrogens is 219 g/mol. The lowest BCUT2D eigenvalue weighted by Crippen LogP contribution is -2.21. The minimum Gasteiger partial charge on any atom is -0.387 e. The number of aliphatic hydroxyl groups is 1. The highest BCUT2D eigenvalue weighted by atomic mass is 19.2. The Bertz CT molecular complexity index is 451. The number of rotatable bonds is 2. The van der Waals surface area contributed by atoms with Crippen molar-refractivity contribution in [2.75, 3.05) is 0 Å². The van der Waals surface area contributed by atoms with Gasteiger partial charge in [0.2, 0.25) is 0 Å². The average molecular weight is 229 g/mol. The summed E-state index contributed by atoms with van der Waals surface area (Å²) >= 11 is 0. The first-order valence-electron chi connectivity index (χ1n) is 4.53. The summed E-state index contributed by atoms with van der Waals surface area (Å²) in [7, 11) is 0. The van der Waals surface area contributed by atoms with Crippen LogP contribution in [-0.4, -0.2) is 5.11 Å². The number of hydrogen-bond acceptors (Lipinski definition) is 2. The predicted molar refractivity (Wildman–Crippen MR) is 50.7 cm³/mol. The van der Waals surface area contributed by atoms with E-state index < -0.39 is 34.5 Å². The van der Waals surface area contributed by atoms with Gasteiger partial charge in [-0.3, -0.25) is 0 Å². The van der Waals surface area contributed by atoms with E-state index in [0.29, 0.717) is 12.1 Å². The number of aliphatic hydroxyl groups excluding tert-OH is 1. The summed E-state index contributed by atoms with van der Waals surface area (Å²) in [5.41, 5.74) is -1.71. The molecule has 0 heterocycles. The summed E-state index contributed by atoms with van der Waals surface area (Å²) < 4.78 is 38.8. The molecule has 1 unspecified atom stereocenters. The number of hydrogen-bond donors (Lipinski definition) is 1. The summed E-state index contributed by atoms with van der Waals surface area (Å²) in [6.07, 6.45) is -1.52. The van der Waals surface area contributed by atoms with Crippen LogP contribution in [0.25, 0.3) is 0 Å². The lowest BCUT2D eigenvalue weighted by Gasteiger charge is -2.23. The second-order valence-corrected chi connectivity index (χ2v) is 4.02. The van der Waals surface area contributed by atoms with Gasteiger partial charge in [-0.2, -0.15) is 5.26 Å². The van der Waals surface area contributed by atoms with E-state index in [0.717, 1.165) is 0 Å². The molecule has 16 heavy (non-hydrogen) atoms. The van der Waals surface area contributed by atoms with Gasteiger partial charge in [0.15, 0.2) is 11.6 Å². The second-order valence-electron chi connectivity index (χ2n) is 4.02. The third-order valence-corrected chi connectivity index (χ3v) is 2.31. The highest BCUT2D eigenvalue weighted by Gasteiger charge is 2.31.